The van der Waals surface area contributed by atoms with Crippen LogP contribution in [0.5, 0.6) is 0 Å². The third kappa shape index (κ3) is 8.79. The summed E-state index contributed by atoms with van der Waals surface area (Å²) in [5.41, 5.74) is 6.78. The van der Waals surface area contributed by atoms with E-state index in [1.165, 1.54) is 6.21 Å². The fourth-order valence-electron chi connectivity index (χ4n) is 0.573. The molecule has 0 atom stereocenters. The molecule has 14 heavy (non-hydrogen) atoms. The second-order valence-electron chi connectivity index (χ2n) is 2.28. The molecule has 6 nitrogen and oxygen atoms in total. The molecule has 0 aromatic carbocycles. The number of amides is 2. The number of ether oxygens (including phenoxy) is 1. The number of esters is 1. The highest BCUT2D eigenvalue weighted by Crippen LogP contribution is 1.89. The fraction of sp³-hybridized carbons (Fsp3) is 0.571. The van der Waals surface area contributed by atoms with E-state index in [4.69, 9.17) is 17.3 Å². The zero-order chi connectivity index (χ0) is 10.8. The Morgan fingerprint density at radius 1 is 1.57 bits per heavy atom. The Hall–Kier alpha value is -1.30. The van der Waals surface area contributed by atoms with E-state index in [-0.39, 0.29) is 12.5 Å². The molecule has 0 aliphatic rings. The van der Waals surface area contributed by atoms with Crippen LogP contribution < -0.4 is 11.2 Å². The third-order valence-corrected chi connectivity index (χ3v) is 1.33. The Morgan fingerprint density at radius 2 is 2.29 bits per heavy atom. The molecule has 80 valence electrons. The van der Waals surface area contributed by atoms with Crippen LogP contribution in [0.1, 0.15) is 12.8 Å². The molecule has 0 aromatic rings. The van der Waals surface area contributed by atoms with Crippen molar-refractivity contribution in [2.45, 2.75) is 12.8 Å². The largest absolute Gasteiger partial charge is 0.465 e. The molecular formula is C7H12ClN3O3. The van der Waals surface area contributed by atoms with E-state index in [0.29, 0.717) is 12.8 Å². The van der Waals surface area contributed by atoms with Crippen molar-refractivity contribution in [3.63, 3.8) is 0 Å². The van der Waals surface area contributed by atoms with Gasteiger partial charge in [0.25, 0.3) is 0 Å². The van der Waals surface area contributed by atoms with Gasteiger partial charge in [-0.25, -0.2) is 10.2 Å². The van der Waals surface area contributed by atoms with Crippen molar-refractivity contribution in [3.05, 3.63) is 0 Å². The van der Waals surface area contributed by atoms with Gasteiger partial charge in [0.1, 0.15) is 5.88 Å². The number of nitrogens with one attached hydrogen (secondary N) is 1. The summed E-state index contributed by atoms with van der Waals surface area (Å²) in [5, 5.41) is 3.49. The number of hydrazone groups is 1. The van der Waals surface area contributed by atoms with E-state index >= 15 is 0 Å². The summed E-state index contributed by atoms with van der Waals surface area (Å²) in [6, 6.07) is -0.713. The summed E-state index contributed by atoms with van der Waals surface area (Å²) in [5.74, 6) is -0.587. The maximum atomic E-state index is 10.5. The van der Waals surface area contributed by atoms with Gasteiger partial charge < -0.3 is 10.5 Å². The highest BCUT2D eigenvalue weighted by molar-refractivity contribution is 6.26. The van der Waals surface area contributed by atoms with E-state index < -0.39 is 12.0 Å². The SMILES string of the molecule is NC(=O)NN=CCCCOC(=O)CCl. The lowest BCUT2D eigenvalue weighted by molar-refractivity contribution is -0.140. The van der Waals surface area contributed by atoms with Gasteiger partial charge >= 0.3 is 12.0 Å². The van der Waals surface area contributed by atoms with Crippen LogP contribution >= 0.6 is 11.6 Å². The predicted octanol–water partition coefficient (Wildman–Crippen LogP) is 0.203. The Bertz CT molecular complexity index is 220. The van der Waals surface area contributed by atoms with Crippen LogP contribution in [0.4, 0.5) is 4.79 Å². The first-order chi connectivity index (χ1) is 6.66. The third-order valence-electron chi connectivity index (χ3n) is 1.12. The molecule has 0 rings (SSSR count). The van der Waals surface area contributed by atoms with Gasteiger partial charge in [0, 0.05) is 6.21 Å². The molecule has 0 unspecified atom stereocenters. The normalized spacial score (nSPS) is 10.1. The van der Waals surface area contributed by atoms with Gasteiger partial charge in [-0.05, 0) is 12.8 Å². The highest BCUT2D eigenvalue weighted by Gasteiger charge is 1.97. The summed E-state index contributed by atoms with van der Waals surface area (Å²) >= 11 is 5.19. The van der Waals surface area contributed by atoms with E-state index in [0.717, 1.165) is 0 Å². The maximum Gasteiger partial charge on any atom is 0.332 e. The number of primary amides is 1. The average molecular weight is 222 g/mol. The summed E-state index contributed by atoms with van der Waals surface area (Å²) in [4.78, 5) is 20.7. The molecule has 2 amide bonds. The minimum absolute atomic E-state index is 0.142. The second kappa shape index (κ2) is 8.31. The summed E-state index contributed by atoms with van der Waals surface area (Å²) in [7, 11) is 0. The van der Waals surface area contributed by atoms with Crippen LogP contribution in [0, 0.1) is 0 Å². The topological polar surface area (TPSA) is 93.8 Å². The number of halogens is 1. The molecule has 0 spiro atoms. The standard InChI is InChI=1S/C7H12ClN3O3/c8-5-6(12)14-4-2-1-3-10-11-7(9)13/h3H,1-2,4-5H2,(H3,9,11,13). The Labute approximate surface area is 86.4 Å². The fourth-order valence-corrected chi connectivity index (χ4v) is 0.650. The van der Waals surface area contributed by atoms with E-state index in [1.807, 2.05) is 5.43 Å². The Balaban J connectivity index is 3.25. The van der Waals surface area contributed by atoms with Crippen molar-refractivity contribution in [1.29, 1.82) is 0 Å². The number of hydrogen-bond acceptors (Lipinski definition) is 4. The van der Waals surface area contributed by atoms with E-state index in [2.05, 4.69) is 9.84 Å². The number of carbonyl (C=O) groups excluding carboxylic acids is 2. The Kier molecular flexibility index (Phi) is 7.53. The molecule has 0 heterocycles. The van der Waals surface area contributed by atoms with Crippen LogP contribution in [0.2, 0.25) is 0 Å². The molecule has 0 fully saturated rings. The van der Waals surface area contributed by atoms with Gasteiger partial charge in [-0.15, -0.1) is 11.6 Å². The molecule has 0 bridgehead atoms. The smallest absolute Gasteiger partial charge is 0.332 e. The molecule has 0 saturated heterocycles. The number of rotatable bonds is 6. The summed E-state index contributed by atoms with van der Waals surface area (Å²) in [6.45, 7) is 0.286. The Morgan fingerprint density at radius 3 is 2.86 bits per heavy atom. The molecule has 0 aromatic heterocycles. The zero-order valence-electron chi connectivity index (χ0n) is 7.53. The number of nitrogens with two attached hydrogens (primary N) is 1. The minimum Gasteiger partial charge on any atom is -0.465 e. The second-order valence-corrected chi connectivity index (χ2v) is 2.55. The first-order valence-electron chi connectivity index (χ1n) is 3.95. The van der Waals surface area contributed by atoms with Crippen molar-refractivity contribution < 1.29 is 14.3 Å². The maximum absolute atomic E-state index is 10.5. The quantitative estimate of drug-likeness (QED) is 0.221. The van der Waals surface area contributed by atoms with Gasteiger partial charge in [0.2, 0.25) is 0 Å². The number of carbonyl (C=O) groups is 2. The van der Waals surface area contributed by atoms with Crippen molar-refractivity contribution in [1.82, 2.24) is 5.43 Å². The van der Waals surface area contributed by atoms with Crippen molar-refractivity contribution >= 4 is 29.8 Å². The summed E-state index contributed by atoms with van der Waals surface area (Å²) in [6.07, 6.45) is 2.67. The van der Waals surface area contributed by atoms with Crippen molar-refractivity contribution in [2.75, 3.05) is 12.5 Å². The van der Waals surface area contributed by atoms with E-state index in [9.17, 15) is 9.59 Å². The number of urea groups is 1. The van der Waals surface area contributed by atoms with Gasteiger partial charge in [-0.1, -0.05) is 0 Å². The number of alkyl halides is 1. The molecule has 3 N–H and O–H groups in total. The number of hydrogen-bond donors (Lipinski definition) is 2. The minimum atomic E-state index is -0.713. The van der Waals surface area contributed by atoms with Crippen LogP contribution in [-0.4, -0.2) is 30.7 Å². The average Bonchev–Trinajstić information content (AvgIpc) is 2.15. The number of unbranched alkanes of at least 4 members (excludes halogenated alkanes) is 1. The lowest BCUT2D eigenvalue weighted by atomic mass is 10.3. The molecule has 7 heteroatoms. The first-order valence-corrected chi connectivity index (χ1v) is 4.49. The van der Waals surface area contributed by atoms with Gasteiger partial charge in [0.05, 0.1) is 6.61 Å². The predicted molar refractivity (Wildman–Crippen MR) is 52.1 cm³/mol. The van der Waals surface area contributed by atoms with Crippen molar-refractivity contribution in [2.24, 2.45) is 10.8 Å². The lowest BCUT2D eigenvalue weighted by Crippen LogP contribution is -2.24. The van der Waals surface area contributed by atoms with E-state index in [1.54, 1.807) is 0 Å². The van der Waals surface area contributed by atoms with Crippen LogP contribution in [0.15, 0.2) is 5.10 Å². The lowest BCUT2D eigenvalue weighted by Gasteiger charge is -1.99. The molecule has 0 aliphatic heterocycles. The van der Waals surface area contributed by atoms with Crippen LogP contribution in [-0.2, 0) is 9.53 Å². The summed E-state index contributed by atoms with van der Waals surface area (Å²) < 4.78 is 4.67. The number of nitrogens with zero attached hydrogens (tertiary/aromatic N) is 1. The molecular weight excluding hydrogens is 210 g/mol. The van der Waals surface area contributed by atoms with Gasteiger partial charge in [-0.2, -0.15) is 5.10 Å². The highest BCUT2D eigenvalue weighted by atomic mass is 35.5. The zero-order valence-corrected chi connectivity index (χ0v) is 8.29. The van der Waals surface area contributed by atoms with Gasteiger partial charge in [-0.3, -0.25) is 4.79 Å². The molecule has 0 saturated carbocycles. The van der Waals surface area contributed by atoms with Crippen molar-refractivity contribution in [3.8, 4) is 0 Å². The van der Waals surface area contributed by atoms with Crippen LogP contribution in [0.3, 0.4) is 0 Å². The van der Waals surface area contributed by atoms with Gasteiger partial charge in [0.15, 0.2) is 0 Å². The first kappa shape index (κ1) is 12.7. The van der Waals surface area contributed by atoms with Crippen LogP contribution in [0.25, 0.3) is 0 Å². The molecule has 0 aliphatic carbocycles. The molecule has 0 radical (unpaired) electrons. The monoisotopic (exact) mass is 221 g/mol.